The van der Waals surface area contributed by atoms with E-state index in [-0.39, 0.29) is 18.0 Å². The summed E-state index contributed by atoms with van der Waals surface area (Å²) in [7, 11) is 0. The van der Waals surface area contributed by atoms with Gasteiger partial charge in [0, 0.05) is 43.2 Å². The summed E-state index contributed by atoms with van der Waals surface area (Å²) < 4.78 is 0. The lowest BCUT2D eigenvalue weighted by atomic mass is 10.1. The Morgan fingerprint density at radius 1 is 1.11 bits per heavy atom. The van der Waals surface area contributed by atoms with Gasteiger partial charge in [0.15, 0.2) is 0 Å². The van der Waals surface area contributed by atoms with Crippen molar-refractivity contribution in [2.75, 3.05) is 13.1 Å². The molecule has 0 saturated carbocycles. The zero-order valence-corrected chi connectivity index (χ0v) is 15.7. The predicted molar refractivity (Wildman–Crippen MR) is 109 cm³/mol. The van der Waals surface area contributed by atoms with Crippen LogP contribution in [-0.4, -0.2) is 41.0 Å². The number of para-hydroxylation sites is 1. The lowest BCUT2D eigenvalue weighted by Crippen LogP contribution is -2.43. The number of carbonyl (C=O) groups excluding carboxylic acids is 2. The predicted octanol–water partition coefficient (Wildman–Crippen LogP) is 2.81. The zero-order valence-electron chi connectivity index (χ0n) is 15.7. The third-order valence-electron chi connectivity index (χ3n) is 5.12. The van der Waals surface area contributed by atoms with Gasteiger partial charge in [-0.3, -0.25) is 4.79 Å². The Hall–Kier alpha value is -3.28. The molecule has 1 aromatic heterocycles. The van der Waals surface area contributed by atoms with E-state index < -0.39 is 0 Å². The molecule has 0 radical (unpaired) electrons. The molecule has 0 bridgehead atoms. The van der Waals surface area contributed by atoms with Gasteiger partial charge < -0.3 is 20.5 Å². The van der Waals surface area contributed by atoms with E-state index in [2.05, 4.69) is 21.7 Å². The molecule has 4 rings (SSSR count). The van der Waals surface area contributed by atoms with Gasteiger partial charge in [0.1, 0.15) is 0 Å². The molecule has 3 N–H and O–H groups in total. The van der Waals surface area contributed by atoms with E-state index in [9.17, 15) is 9.59 Å². The number of fused-ring (bicyclic) bond motifs is 1. The second-order valence-corrected chi connectivity index (χ2v) is 7.17. The Kier molecular flexibility index (Phi) is 5.28. The van der Waals surface area contributed by atoms with Gasteiger partial charge in [-0.2, -0.15) is 0 Å². The summed E-state index contributed by atoms with van der Waals surface area (Å²) in [6.07, 6.45) is 3.09. The standard InChI is InChI=1S/C22H24N4O2/c27-21-12-18(15-26(21)14-16-6-2-1-3-7-16)25-22(28)23-11-10-17-13-24-20-9-5-4-8-19(17)20/h1-9,13,18,24H,10-12,14-15H2,(H2,23,25,28). The molecule has 2 heterocycles. The summed E-state index contributed by atoms with van der Waals surface area (Å²) in [6.45, 7) is 1.67. The number of hydrogen-bond acceptors (Lipinski definition) is 2. The highest BCUT2D eigenvalue weighted by Gasteiger charge is 2.30. The van der Waals surface area contributed by atoms with Crippen LogP contribution in [0.5, 0.6) is 0 Å². The lowest BCUT2D eigenvalue weighted by molar-refractivity contribution is -0.128. The highest BCUT2D eigenvalue weighted by molar-refractivity contribution is 5.83. The average Bonchev–Trinajstić information content (AvgIpc) is 3.26. The first kappa shape index (κ1) is 18.1. The van der Waals surface area contributed by atoms with Crippen molar-refractivity contribution in [1.29, 1.82) is 0 Å². The molecule has 1 atom stereocenters. The molecule has 3 amide bonds. The van der Waals surface area contributed by atoms with E-state index in [0.29, 0.717) is 26.1 Å². The minimum atomic E-state index is -0.223. The first-order valence-electron chi connectivity index (χ1n) is 9.60. The second kappa shape index (κ2) is 8.17. The number of urea groups is 1. The van der Waals surface area contributed by atoms with Crippen LogP contribution < -0.4 is 10.6 Å². The largest absolute Gasteiger partial charge is 0.361 e. The Bertz CT molecular complexity index is 967. The molecule has 6 nitrogen and oxygen atoms in total. The fraction of sp³-hybridized carbons (Fsp3) is 0.273. The molecule has 144 valence electrons. The molecule has 1 aliphatic heterocycles. The van der Waals surface area contributed by atoms with Gasteiger partial charge in [-0.1, -0.05) is 48.5 Å². The van der Waals surface area contributed by atoms with Crippen molar-refractivity contribution >= 4 is 22.8 Å². The van der Waals surface area contributed by atoms with E-state index in [4.69, 9.17) is 0 Å². The minimum Gasteiger partial charge on any atom is -0.361 e. The first-order valence-corrected chi connectivity index (χ1v) is 9.60. The van der Waals surface area contributed by atoms with Crippen LogP contribution in [0.25, 0.3) is 10.9 Å². The number of rotatable bonds is 6. The number of aromatic nitrogens is 1. The molecular weight excluding hydrogens is 352 g/mol. The van der Waals surface area contributed by atoms with Crippen LogP contribution in [0.3, 0.4) is 0 Å². The van der Waals surface area contributed by atoms with Gasteiger partial charge >= 0.3 is 6.03 Å². The van der Waals surface area contributed by atoms with Crippen LogP contribution in [-0.2, 0) is 17.8 Å². The molecule has 3 aromatic rings. The van der Waals surface area contributed by atoms with E-state index in [1.807, 2.05) is 54.7 Å². The van der Waals surface area contributed by atoms with E-state index in [1.54, 1.807) is 4.90 Å². The fourth-order valence-electron chi connectivity index (χ4n) is 3.71. The molecule has 0 aliphatic carbocycles. The van der Waals surface area contributed by atoms with Gasteiger partial charge in [-0.05, 0) is 23.6 Å². The van der Waals surface area contributed by atoms with Crippen molar-refractivity contribution in [3.63, 3.8) is 0 Å². The Morgan fingerprint density at radius 3 is 2.75 bits per heavy atom. The van der Waals surface area contributed by atoms with Crippen LogP contribution in [0.4, 0.5) is 4.79 Å². The molecule has 1 saturated heterocycles. The molecule has 6 heteroatoms. The number of carbonyl (C=O) groups is 2. The van der Waals surface area contributed by atoms with Gasteiger partial charge in [-0.25, -0.2) is 4.79 Å². The Labute approximate surface area is 163 Å². The van der Waals surface area contributed by atoms with Crippen molar-refractivity contribution in [2.24, 2.45) is 0 Å². The highest BCUT2D eigenvalue weighted by Crippen LogP contribution is 2.18. The van der Waals surface area contributed by atoms with Crippen molar-refractivity contribution in [3.8, 4) is 0 Å². The van der Waals surface area contributed by atoms with Gasteiger partial charge in [0.25, 0.3) is 0 Å². The molecule has 1 fully saturated rings. The van der Waals surface area contributed by atoms with Crippen molar-refractivity contribution in [1.82, 2.24) is 20.5 Å². The number of benzene rings is 2. The van der Waals surface area contributed by atoms with E-state index >= 15 is 0 Å². The van der Waals surface area contributed by atoms with Gasteiger partial charge in [0.2, 0.25) is 5.91 Å². The van der Waals surface area contributed by atoms with E-state index in [1.165, 1.54) is 10.9 Å². The van der Waals surface area contributed by atoms with Crippen molar-refractivity contribution < 1.29 is 9.59 Å². The summed E-state index contributed by atoms with van der Waals surface area (Å²) in [5.41, 5.74) is 3.38. The fourth-order valence-corrected chi connectivity index (χ4v) is 3.71. The summed E-state index contributed by atoms with van der Waals surface area (Å²) in [6, 6.07) is 17.7. The quantitative estimate of drug-likeness (QED) is 0.619. The Balaban J connectivity index is 1.23. The molecule has 0 spiro atoms. The summed E-state index contributed by atoms with van der Waals surface area (Å²) >= 11 is 0. The third-order valence-corrected chi connectivity index (χ3v) is 5.12. The van der Waals surface area contributed by atoms with E-state index in [0.717, 1.165) is 17.5 Å². The highest BCUT2D eigenvalue weighted by atomic mass is 16.2. The molecule has 1 unspecified atom stereocenters. The van der Waals surface area contributed by atoms with Crippen LogP contribution in [0.15, 0.2) is 60.8 Å². The number of amides is 3. The smallest absolute Gasteiger partial charge is 0.315 e. The maximum absolute atomic E-state index is 12.2. The van der Waals surface area contributed by atoms with Crippen molar-refractivity contribution in [2.45, 2.75) is 25.4 Å². The third kappa shape index (κ3) is 4.17. The van der Waals surface area contributed by atoms with Crippen molar-refractivity contribution in [3.05, 3.63) is 71.9 Å². The second-order valence-electron chi connectivity index (χ2n) is 7.17. The van der Waals surface area contributed by atoms with Crippen LogP contribution in [0.1, 0.15) is 17.5 Å². The number of H-pyrrole nitrogens is 1. The van der Waals surface area contributed by atoms with Gasteiger partial charge in [-0.15, -0.1) is 0 Å². The minimum absolute atomic E-state index is 0.0768. The number of hydrogen-bond donors (Lipinski definition) is 3. The average molecular weight is 376 g/mol. The molecule has 1 aliphatic rings. The Morgan fingerprint density at radius 2 is 1.89 bits per heavy atom. The molecular formula is C22H24N4O2. The number of likely N-dealkylation sites (tertiary alicyclic amines) is 1. The van der Waals surface area contributed by atoms with Crippen LogP contribution in [0, 0.1) is 0 Å². The summed E-state index contributed by atoms with van der Waals surface area (Å²) in [5, 5.41) is 7.00. The maximum atomic E-state index is 12.2. The maximum Gasteiger partial charge on any atom is 0.315 e. The molecule has 2 aromatic carbocycles. The first-order chi connectivity index (χ1) is 13.7. The van der Waals surface area contributed by atoms with Crippen LogP contribution in [0.2, 0.25) is 0 Å². The summed E-state index contributed by atoms with van der Waals surface area (Å²) in [4.78, 5) is 29.5. The zero-order chi connectivity index (χ0) is 19.3. The molecule has 28 heavy (non-hydrogen) atoms. The topological polar surface area (TPSA) is 77.2 Å². The van der Waals surface area contributed by atoms with Crippen LogP contribution >= 0.6 is 0 Å². The SMILES string of the molecule is O=C(NCCc1c[nH]c2ccccc12)NC1CC(=O)N(Cc2ccccc2)C1. The summed E-state index contributed by atoms with van der Waals surface area (Å²) in [5.74, 6) is 0.0768. The number of nitrogens with zero attached hydrogens (tertiary/aromatic N) is 1. The van der Waals surface area contributed by atoms with Gasteiger partial charge in [0.05, 0.1) is 6.04 Å². The number of nitrogens with one attached hydrogen (secondary N) is 3. The number of aromatic amines is 1. The normalized spacial score (nSPS) is 16.5. The monoisotopic (exact) mass is 376 g/mol. The lowest BCUT2D eigenvalue weighted by Gasteiger charge is -2.17.